The first-order valence-corrected chi connectivity index (χ1v) is 8.19. The lowest BCUT2D eigenvalue weighted by Gasteiger charge is -2.28. The summed E-state index contributed by atoms with van der Waals surface area (Å²) in [5.74, 6) is -1.37. The van der Waals surface area contributed by atoms with Gasteiger partial charge in [0.1, 0.15) is 12.1 Å². The Hall–Kier alpha value is -1.03. The van der Waals surface area contributed by atoms with Crippen molar-refractivity contribution in [2.45, 2.75) is 32.4 Å². The predicted octanol–water partition coefficient (Wildman–Crippen LogP) is -0.618. The van der Waals surface area contributed by atoms with E-state index in [-0.39, 0.29) is 6.54 Å². The first kappa shape index (κ1) is 21.0. The number of ether oxygens (including phenoxy) is 2. The molecule has 0 aliphatic heterocycles. The van der Waals surface area contributed by atoms with E-state index in [0.717, 1.165) is 12.2 Å². The summed E-state index contributed by atoms with van der Waals surface area (Å²) in [5.41, 5.74) is 5.38. The van der Waals surface area contributed by atoms with Crippen LogP contribution in [-0.4, -0.2) is 61.3 Å². The van der Waals surface area contributed by atoms with Gasteiger partial charge in [0.25, 0.3) is 0 Å². The maximum Gasteiger partial charge on any atom is 0.420 e. The van der Waals surface area contributed by atoms with E-state index >= 15 is 0 Å². The van der Waals surface area contributed by atoms with E-state index in [9.17, 15) is 19.0 Å². The van der Waals surface area contributed by atoms with E-state index in [4.69, 9.17) is 10.4 Å². The zero-order chi connectivity index (χ0) is 17.3. The van der Waals surface area contributed by atoms with Crippen LogP contribution in [0.5, 0.6) is 0 Å². The number of carbonyl (C=O) groups is 2. The van der Waals surface area contributed by atoms with Gasteiger partial charge in [-0.3, -0.25) is 9.59 Å². The lowest BCUT2D eigenvalue weighted by molar-refractivity contribution is -0.164. The summed E-state index contributed by atoms with van der Waals surface area (Å²) in [5, 5.41) is 3.11. The topological polar surface area (TPSA) is 140 Å². The van der Waals surface area contributed by atoms with Gasteiger partial charge in [0.05, 0.1) is 14.2 Å². The molecule has 0 aromatic heterocycles. The van der Waals surface area contributed by atoms with E-state index in [1.165, 1.54) is 21.0 Å². The molecule has 0 bridgehead atoms. The number of esters is 2. The minimum Gasteiger partial charge on any atom is -0.468 e. The van der Waals surface area contributed by atoms with Gasteiger partial charge in [0.2, 0.25) is 0 Å². The van der Waals surface area contributed by atoms with Crippen molar-refractivity contribution in [1.82, 2.24) is 10.2 Å². The number of nitrogens with two attached hydrogens (primary N) is 1. The number of carbonyl (C=O) groups excluding carboxylic acids is 2. The Balaban J connectivity index is 4.91. The van der Waals surface area contributed by atoms with Crippen LogP contribution >= 0.6 is 7.75 Å². The Morgan fingerprint density at radius 3 is 2.27 bits per heavy atom. The molecule has 11 heteroatoms. The van der Waals surface area contributed by atoms with Crippen molar-refractivity contribution in [3.05, 3.63) is 0 Å². The molecule has 130 valence electrons. The Labute approximate surface area is 129 Å². The van der Waals surface area contributed by atoms with Crippen molar-refractivity contribution in [1.29, 1.82) is 0 Å². The van der Waals surface area contributed by atoms with Gasteiger partial charge >= 0.3 is 19.7 Å². The van der Waals surface area contributed by atoms with E-state index in [1.54, 1.807) is 0 Å². The molecule has 0 aliphatic carbocycles. The highest BCUT2D eigenvalue weighted by molar-refractivity contribution is 7.50. The first-order valence-electron chi connectivity index (χ1n) is 6.61. The number of hydrogen-bond acceptors (Lipinski definition) is 8. The van der Waals surface area contributed by atoms with Crippen molar-refractivity contribution in [2.75, 3.05) is 27.3 Å². The van der Waals surface area contributed by atoms with Crippen LogP contribution in [0.4, 0.5) is 0 Å². The number of rotatable bonds is 10. The van der Waals surface area contributed by atoms with Gasteiger partial charge in [-0.1, -0.05) is 0 Å². The number of methoxy groups -OCH3 is 2. The maximum atomic E-state index is 12.0. The number of nitrogens with zero attached hydrogens (tertiary/aromatic N) is 1. The van der Waals surface area contributed by atoms with Gasteiger partial charge in [0.15, 0.2) is 0 Å². The third-order valence-electron chi connectivity index (χ3n) is 2.68. The van der Waals surface area contributed by atoms with E-state index in [2.05, 4.69) is 14.6 Å². The van der Waals surface area contributed by atoms with Gasteiger partial charge in [-0.25, -0.2) is 14.3 Å². The van der Waals surface area contributed by atoms with Crippen LogP contribution < -0.4 is 10.8 Å². The van der Waals surface area contributed by atoms with Gasteiger partial charge in [-0.15, -0.1) is 0 Å². The predicted molar refractivity (Wildman–Crippen MR) is 77.4 cm³/mol. The van der Waals surface area contributed by atoms with Gasteiger partial charge in [0, 0.05) is 6.54 Å². The fourth-order valence-corrected chi connectivity index (χ4v) is 2.63. The monoisotopic (exact) mass is 341 g/mol. The molecule has 0 amide bonds. The molecule has 0 aromatic carbocycles. The highest BCUT2D eigenvalue weighted by Gasteiger charge is 2.33. The second-order valence-corrected chi connectivity index (χ2v) is 5.92. The molecule has 3 atom stereocenters. The summed E-state index contributed by atoms with van der Waals surface area (Å²) < 4.78 is 26.0. The summed E-state index contributed by atoms with van der Waals surface area (Å²) in [6.07, 6.45) is 0.424. The fraction of sp³-hybridized carbons (Fsp3) is 0.818. The zero-order valence-corrected chi connectivity index (χ0v) is 14.0. The van der Waals surface area contributed by atoms with Crippen molar-refractivity contribution in [2.24, 2.45) is 5.73 Å². The quantitative estimate of drug-likeness (QED) is 0.267. The number of hydroxylamine groups is 2. The van der Waals surface area contributed by atoms with Crippen LogP contribution in [0.3, 0.4) is 0 Å². The minimum absolute atomic E-state index is 0.131. The van der Waals surface area contributed by atoms with Gasteiger partial charge in [-0.05, 0) is 26.8 Å². The second kappa shape index (κ2) is 9.88. The molecule has 0 aromatic rings. The average Bonchev–Trinajstić information content (AvgIpc) is 2.48. The molecule has 0 fully saturated rings. The van der Waals surface area contributed by atoms with Crippen molar-refractivity contribution in [3.63, 3.8) is 0 Å². The molecular formula is C11H24N3O7P. The van der Waals surface area contributed by atoms with Crippen LogP contribution in [-0.2, 0) is 28.3 Å². The normalized spacial score (nSPS) is 16.7. The molecule has 0 radical (unpaired) electrons. The van der Waals surface area contributed by atoms with Crippen molar-refractivity contribution < 1.29 is 33.1 Å². The Bertz CT molecular complexity index is 420. The molecule has 4 N–H and O–H groups in total. The fourth-order valence-electron chi connectivity index (χ4n) is 1.48. The summed E-state index contributed by atoms with van der Waals surface area (Å²) >= 11 is 0. The van der Waals surface area contributed by atoms with Gasteiger partial charge < -0.3 is 20.1 Å². The smallest absolute Gasteiger partial charge is 0.420 e. The highest BCUT2D eigenvalue weighted by Crippen LogP contribution is 2.39. The Kier molecular flexibility index (Phi) is 9.42. The van der Waals surface area contributed by atoms with Crippen LogP contribution in [0.25, 0.3) is 0 Å². The van der Waals surface area contributed by atoms with Gasteiger partial charge in [-0.2, -0.15) is 5.06 Å². The van der Waals surface area contributed by atoms with E-state index in [1.807, 2.05) is 0 Å². The molecule has 0 saturated carbocycles. The van der Waals surface area contributed by atoms with Crippen LogP contribution in [0, 0.1) is 0 Å². The lowest BCUT2D eigenvalue weighted by atomic mass is 10.3. The standard InChI is InChI=1S/C11H24N3O7P/c1-8(10(15)19-3)13-22(17,18)21-14(7-5-6-12)9(2)11(16)20-4/h8-9H,5-7,12H2,1-4H3,(H2,13,17,18). The van der Waals surface area contributed by atoms with E-state index in [0.29, 0.717) is 13.0 Å². The molecule has 10 nitrogen and oxygen atoms in total. The summed E-state index contributed by atoms with van der Waals surface area (Å²) in [6, 6.07) is -1.99. The second-order valence-electron chi connectivity index (χ2n) is 4.46. The molecule has 0 spiro atoms. The average molecular weight is 341 g/mol. The van der Waals surface area contributed by atoms with Crippen molar-refractivity contribution >= 4 is 19.7 Å². The van der Waals surface area contributed by atoms with Crippen molar-refractivity contribution in [3.8, 4) is 0 Å². The molecule has 0 aliphatic rings. The summed E-state index contributed by atoms with van der Waals surface area (Å²) in [4.78, 5) is 32.6. The largest absolute Gasteiger partial charge is 0.468 e. The van der Waals surface area contributed by atoms with E-state index < -0.39 is 31.8 Å². The molecule has 3 unspecified atom stereocenters. The number of hydrogen-bond donors (Lipinski definition) is 3. The number of nitrogens with one attached hydrogen (secondary N) is 1. The SMILES string of the molecule is COC(=O)C(C)NP(=O)(O)ON(CCCN)C(C)C(=O)OC. The minimum atomic E-state index is -4.39. The highest BCUT2D eigenvalue weighted by atomic mass is 31.2. The summed E-state index contributed by atoms with van der Waals surface area (Å²) in [7, 11) is -2.05. The molecular weight excluding hydrogens is 317 g/mol. The Morgan fingerprint density at radius 1 is 1.27 bits per heavy atom. The Morgan fingerprint density at radius 2 is 1.82 bits per heavy atom. The third kappa shape index (κ3) is 7.30. The molecule has 0 rings (SSSR count). The zero-order valence-electron chi connectivity index (χ0n) is 13.1. The van der Waals surface area contributed by atoms with Crippen LogP contribution in [0.1, 0.15) is 20.3 Å². The van der Waals surface area contributed by atoms with Crippen LogP contribution in [0.2, 0.25) is 0 Å². The third-order valence-corrected chi connectivity index (χ3v) is 3.83. The molecule has 0 heterocycles. The molecule has 0 saturated heterocycles. The lowest BCUT2D eigenvalue weighted by Crippen LogP contribution is -2.42. The first-order chi connectivity index (χ1) is 10.2. The molecule has 22 heavy (non-hydrogen) atoms. The van der Waals surface area contributed by atoms with Crippen LogP contribution in [0.15, 0.2) is 0 Å². The summed E-state index contributed by atoms with van der Waals surface area (Å²) in [6.45, 7) is 3.22. The maximum absolute atomic E-state index is 12.0.